The van der Waals surface area contributed by atoms with E-state index < -0.39 is 5.82 Å². The Morgan fingerprint density at radius 2 is 2.17 bits per heavy atom. The van der Waals surface area contributed by atoms with E-state index in [-0.39, 0.29) is 16.7 Å². The Kier molecular flexibility index (Phi) is 4.35. The van der Waals surface area contributed by atoms with E-state index in [0.717, 1.165) is 0 Å². The lowest BCUT2D eigenvalue weighted by atomic mass is 10.3. The number of pyridine rings is 1. The average molecular weight is 352 g/mol. The Morgan fingerprint density at radius 1 is 1.35 bits per heavy atom. The molecule has 0 aliphatic carbocycles. The van der Waals surface area contributed by atoms with Gasteiger partial charge in [0.1, 0.15) is 5.82 Å². The smallest absolute Gasteiger partial charge is 0.234 e. The Morgan fingerprint density at radius 3 is 2.96 bits per heavy atom. The molecule has 0 aliphatic rings. The molecule has 1 amide bonds. The fourth-order valence-corrected chi connectivity index (χ4v) is 2.78. The van der Waals surface area contributed by atoms with Crippen LogP contribution >= 0.6 is 23.4 Å². The number of nitrogens with zero attached hydrogens (tertiary/aromatic N) is 3. The Balaban J connectivity index is 1.66. The van der Waals surface area contributed by atoms with Crippen molar-refractivity contribution in [3.05, 3.63) is 47.4 Å². The van der Waals surface area contributed by atoms with Crippen molar-refractivity contribution in [1.29, 1.82) is 0 Å². The highest BCUT2D eigenvalue weighted by Crippen LogP contribution is 2.21. The molecule has 6 nitrogen and oxygen atoms in total. The summed E-state index contributed by atoms with van der Waals surface area (Å²) in [5.41, 5.74) is 7.38. The number of nitrogen functional groups attached to an aromatic ring is 1. The minimum absolute atomic E-state index is 0.0469. The van der Waals surface area contributed by atoms with E-state index in [9.17, 15) is 9.18 Å². The lowest BCUT2D eigenvalue weighted by molar-refractivity contribution is -0.113. The van der Waals surface area contributed by atoms with Crippen molar-refractivity contribution in [3.8, 4) is 0 Å². The fourth-order valence-electron chi connectivity index (χ4n) is 1.89. The van der Waals surface area contributed by atoms with E-state index in [2.05, 4.69) is 15.5 Å². The van der Waals surface area contributed by atoms with Gasteiger partial charge < -0.3 is 11.1 Å². The number of hydrogen-bond acceptors (Lipinski definition) is 5. The predicted octanol–water partition coefficient (Wildman–Crippen LogP) is 2.83. The first kappa shape index (κ1) is 15.6. The summed E-state index contributed by atoms with van der Waals surface area (Å²) in [6, 6.07) is 7.46. The summed E-state index contributed by atoms with van der Waals surface area (Å²) in [5, 5.41) is 11.1. The molecule has 0 aliphatic heterocycles. The van der Waals surface area contributed by atoms with Gasteiger partial charge in [0.05, 0.1) is 10.8 Å². The Bertz CT molecular complexity index is 885. The average Bonchev–Trinajstić information content (AvgIpc) is 2.91. The maximum Gasteiger partial charge on any atom is 0.234 e. The van der Waals surface area contributed by atoms with Gasteiger partial charge in [0, 0.05) is 17.6 Å². The first-order valence-corrected chi connectivity index (χ1v) is 7.87. The van der Waals surface area contributed by atoms with Crippen LogP contribution in [0, 0.1) is 5.82 Å². The third kappa shape index (κ3) is 3.54. The van der Waals surface area contributed by atoms with Crippen molar-refractivity contribution in [3.63, 3.8) is 0 Å². The summed E-state index contributed by atoms with van der Waals surface area (Å²) in [5.74, 6) is -0.685. The number of fused-ring (bicyclic) bond motifs is 1. The van der Waals surface area contributed by atoms with E-state index in [1.165, 1.54) is 30.0 Å². The summed E-state index contributed by atoms with van der Waals surface area (Å²) in [6.07, 6.45) is 1.69. The zero-order valence-electron chi connectivity index (χ0n) is 11.7. The normalized spacial score (nSPS) is 10.9. The van der Waals surface area contributed by atoms with E-state index in [0.29, 0.717) is 22.2 Å². The van der Waals surface area contributed by atoms with Crippen LogP contribution in [0.2, 0.25) is 5.02 Å². The first-order valence-electron chi connectivity index (χ1n) is 6.51. The number of halogens is 2. The van der Waals surface area contributed by atoms with Crippen LogP contribution < -0.4 is 11.1 Å². The van der Waals surface area contributed by atoms with Gasteiger partial charge >= 0.3 is 0 Å². The van der Waals surface area contributed by atoms with Gasteiger partial charge in [0.25, 0.3) is 0 Å². The van der Waals surface area contributed by atoms with Gasteiger partial charge in [-0.15, -0.1) is 10.2 Å². The van der Waals surface area contributed by atoms with Crippen LogP contribution in [-0.2, 0) is 4.79 Å². The van der Waals surface area contributed by atoms with Crippen molar-refractivity contribution in [2.24, 2.45) is 0 Å². The Hall–Kier alpha value is -2.32. The number of carbonyl (C=O) groups is 1. The minimum atomic E-state index is -0.536. The zero-order valence-corrected chi connectivity index (χ0v) is 13.2. The highest BCUT2D eigenvalue weighted by Gasteiger charge is 2.10. The summed E-state index contributed by atoms with van der Waals surface area (Å²) in [4.78, 5) is 12.0. The van der Waals surface area contributed by atoms with Crippen molar-refractivity contribution in [2.75, 3.05) is 16.8 Å². The number of anilines is 2. The van der Waals surface area contributed by atoms with Crippen molar-refractivity contribution >= 4 is 46.3 Å². The number of thioether (sulfide) groups is 1. The molecule has 3 N–H and O–H groups in total. The number of benzene rings is 1. The van der Waals surface area contributed by atoms with Gasteiger partial charge in [-0.05, 0) is 30.3 Å². The summed E-state index contributed by atoms with van der Waals surface area (Å²) < 4.78 is 14.8. The molecular weight excluding hydrogens is 341 g/mol. The molecule has 1 aromatic carbocycles. The molecule has 3 rings (SSSR count). The molecule has 0 radical (unpaired) electrons. The molecule has 9 heteroatoms. The third-order valence-corrected chi connectivity index (χ3v) is 4.16. The lowest BCUT2D eigenvalue weighted by Crippen LogP contribution is -2.14. The Labute approximate surface area is 139 Å². The maximum atomic E-state index is 13.1. The van der Waals surface area contributed by atoms with Gasteiger partial charge in [-0.25, -0.2) is 4.39 Å². The first-order chi connectivity index (χ1) is 11.0. The van der Waals surface area contributed by atoms with Gasteiger partial charge in [-0.1, -0.05) is 23.4 Å². The van der Waals surface area contributed by atoms with Crippen molar-refractivity contribution in [2.45, 2.75) is 5.16 Å². The molecule has 118 valence electrons. The molecule has 0 spiro atoms. The van der Waals surface area contributed by atoms with Crippen LogP contribution in [0.5, 0.6) is 0 Å². The van der Waals surface area contributed by atoms with E-state index >= 15 is 0 Å². The molecule has 0 saturated heterocycles. The zero-order chi connectivity index (χ0) is 16.4. The molecule has 0 bridgehead atoms. The highest BCUT2D eigenvalue weighted by molar-refractivity contribution is 7.99. The van der Waals surface area contributed by atoms with Gasteiger partial charge in [-0.3, -0.25) is 9.20 Å². The molecule has 3 aromatic rings. The third-order valence-electron chi connectivity index (χ3n) is 2.93. The number of aromatic nitrogens is 3. The molecule has 0 fully saturated rings. The lowest BCUT2D eigenvalue weighted by Gasteiger charge is -2.05. The molecule has 23 heavy (non-hydrogen) atoms. The quantitative estimate of drug-likeness (QED) is 0.706. The monoisotopic (exact) mass is 351 g/mol. The highest BCUT2D eigenvalue weighted by atomic mass is 35.5. The summed E-state index contributed by atoms with van der Waals surface area (Å²) in [7, 11) is 0. The number of nitrogens with one attached hydrogen (secondary N) is 1. The van der Waals surface area contributed by atoms with Crippen LogP contribution in [0.4, 0.5) is 15.8 Å². The standard InChI is InChI=1S/C14H11ClFN5OS/c15-10-5-9(2-3-11(10)16)18-13(22)7-23-14-20-19-12-4-1-8(17)6-21(12)14/h1-6H,7,17H2,(H,18,22). The molecular formula is C14H11ClFN5OS. The SMILES string of the molecule is Nc1ccc2nnc(SCC(=O)Nc3ccc(F)c(Cl)c3)n2c1. The predicted molar refractivity (Wildman–Crippen MR) is 88.2 cm³/mol. The van der Waals surface area contributed by atoms with Crippen molar-refractivity contribution < 1.29 is 9.18 Å². The number of carbonyl (C=O) groups excluding carboxylic acids is 1. The number of amides is 1. The second-order valence-electron chi connectivity index (χ2n) is 4.64. The van der Waals surface area contributed by atoms with E-state index in [1.807, 2.05) is 0 Å². The van der Waals surface area contributed by atoms with E-state index in [4.69, 9.17) is 17.3 Å². The maximum absolute atomic E-state index is 13.1. The molecule has 0 unspecified atom stereocenters. The van der Waals surface area contributed by atoms with Crippen LogP contribution in [0.25, 0.3) is 5.65 Å². The molecule has 0 atom stereocenters. The second kappa shape index (κ2) is 6.43. The van der Waals surface area contributed by atoms with Gasteiger partial charge in [0.2, 0.25) is 5.91 Å². The van der Waals surface area contributed by atoms with E-state index in [1.54, 1.807) is 22.7 Å². The topological polar surface area (TPSA) is 85.3 Å². The largest absolute Gasteiger partial charge is 0.398 e. The van der Waals surface area contributed by atoms with Crippen molar-refractivity contribution in [1.82, 2.24) is 14.6 Å². The molecule has 0 saturated carbocycles. The summed E-state index contributed by atoms with van der Waals surface area (Å²) in [6.45, 7) is 0. The molecule has 2 heterocycles. The minimum Gasteiger partial charge on any atom is -0.398 e. The van der Waals surface area contributed by atoms with Gasteiger partial charge in [-0.2, -0.15) is 0 Å². The van der Waals surface area contributed by atoms with Crippen LogP contribution in [0.3, 0.4) is 0 Å². The number of rotatable bonds is 4. The number of nitrogens with two attached hydrogens (primary N) is 1. The van der Waals surface area contributed by atoms with Crippen LogP contribution in [0.1, 0.15) is 0 Å². The van der Waals surface area contributed by atoms with Gasteiger partial charge in [0.15, 0.2) is 10.8 Å². The number of hydrogen-bond donors (Lipinski definition) is 2. The fraction of sp³-hybridized carbons (Fsp3) is 0.0714. The molecule has 2 aromatic heterocycles. The second-order valence-corrected chi connectivity index (χ2v) is 5.99. The van der Waals surface area contributed by atoms with Crippen LogP contribution in [-0.4, -0.2) is 26.3 Å². The summed E-state index contributed by atoms with van der Waals surface area (Å²) >= 11 is 6.89. The van der Waals surface area contributed by atoms with Crippen LogP contribution in [0.15, 0.2) is 41.7 Å².